The van der Waals surface area contributed by atoms with Gasteiger partial charge in [0.15, 0.2) is 11.5 Å². The van der Waals surface area contributed by atoms with Crippen LogP contribution in [-0.2, 0) is 0 Å². The Bertz CT molecular complexity index is 1610. The van der Waals surface area contributed by atoms with Crippen molar-refractivity contribution >= 4 is 16.9 Å². The zero-order chi connectivity index (χ0) is 26.1. The SMILES string of the molecule is CCOc1ccc(-c2nnc([C@H]3C[C@H](NC(=O)c4ccc5cccnc5n4)C3)n2-c2ccccc2F)nc1. The highest BCUT2D eigenvalue weighted by molar-refractivity contribution is 5.94. The Kier molecular flexibility index (Phi) is 6.20. The lowest BCUT2D eigenvalue weighted by atomic mass is 9.79. The Morgan fingerprint density at radius 2 is 1.92 bits per heavy atom. The van der Waals surface area contributed by atoms with Crippen molar-refractivity contribution in [1.29, 1.82) is 0 Å². The van der Waals surface area contributed by atoms with E-state index in [0.29, 0.717) is 59.6 Å². The smallest absolute Gasteiger partial charge is 0.270 e. The minimum atomic E-state index is -0.388. The number of rotatable bonds is 7. The molecule has 4 heterocycles. The molecule has 0 bridgehead atoms. The van der Waals surface area contributed by atoms with E-state index in [-0.39, 0.29) is 23.7 Å². The topological polar surface area (TPSA) is 108 Å². The molecule has 6 rings (SSSR count). The number of pyridine rings is 3. The summed E-state index contributed by atoms with van der Waals surface area (Å²) in [5, 5.41) is 12.7. The number of nitrogens with zero attached hydrogens (tertiary/aromatic N) is 6. The fourth-order valence-corrected chi connectivity index (χ4v) is 4.65. The third-order valence-corrected chi connectivity index (χ3v) is 6.59. The fourth-order valence-electron chi connectivity index (χ4n) is 4.65. The van der Waals surface area contributed by atoms with E-state index < -0.39 is 0 Å². The molecular weight excluding hydrogens is 485 g/mol. The molecule has 0 radical (unpaired) electrons. The highest BCUT2D eigenvalue weighted by Gasteiger charge is 2.36. The van der Waals surface area contributed by atoms with Crippen LogP contribution in [0.5, 0.6) is 5.75 Å². The normalized spacial score (nSPS) is 16.7. The largest absolute Gasteiger partial charge is 0.492 e. The fraction of sp³-hybridized carbons (Fsp3) is 0.214. The maximum Gasteiger partial charge on any atom is 0.270 e. The van der Waals surface area contributed by atoms with Gasteiger partial charge in [0.2, 0.25) is 0 Å². The first-order valence-electron chi connectivity index (χ1n) is 12.4. The van der Waals surface area contributed by atoms with Crippen LogP contribution < -0.4 is 10.1 Å². The molecule has 0 spiro atoms. The summed E-state index contributed by atoms with van der Waals surface area (Å²) in [5.41, 5.74) is 1.74. The number of benzene rings is 1. The average molecular weight is 510 g/mol. The summed E-state index contributed by atoms with van der Waals surface area (Å²) in [5.74, 6) is 1.04. The van der Waals surface area contributed by atoms with E-state index in [0.717, 1.165) is 5.39 Å². The summed E-state index contributed by atoms with van der Waals surface area (Å²) in [4.78, 5) is 25.9. The number of halogens is 1. The molecule has 0 aliphatic heterocycles. The molecule has 1 aliphatic carbocycles. The van der Waals surface area contributed by atoms with Crippen molar-refractivity contribution in [3.05, 3.63) is 90.4 Å². The first-order valence-corrected chi connectivity index (χ1v) is 12.4. The van der Waals surface area contributed by atoms with Crippen LogP contribution in [0.1, 0.15) is 42.0 Å². The van der Waals surface area contributed by atoms with Gasteiger partial charge in [-0.15, -0.1) is 10.2 Å². The van der Waals surface area contributed by atoms with E-state index >= 15 is 0 Å². The van der Waals surface area contributed by atoms with Crippen molar-refractivity contribution < 1.29 is 13.9 Å². The highest BCUT2D eigenvalue weighted by atomic mass is 19.1. The predicted octanol–water partition coefficient (Wildman–Crippen LogP) is 4.49. The maximum atomic E-state index is 14.9. The van der Waals surface area contributed by atoms with E-state index in [9.17, 15) is 9.18 Å². The Balaban J connectivity index is 1.23. The summed E-state index contributed by atoms with van der Waals surface area (Å²) in [6.45, 7) is 2.43. The molecule has 1 amide bonds. The van der Waals surface area contributed by atoms with Gasteiger partial charge in [-0.1, -0.05) is 12.1 Å². The molecule has 190 valence electrons. The molecule has 9 nitrogen and oxygen atoms in total. The van der Waals surface area contributed by atoms with Gasteiger partial charge >= 0.3 is 0 Å². The number of nitrogens with one attached hydrogen (secondary N) is 1. The minimum absolute atomic E-state index is 0.0184. The molecule has 0 saturated heterocycles. The van der Waals surface area contributed by atoms with Crippen molar-refractivity contribution in [3.8, 4) is 23.0 Å². The number of hydrogen-bond donors (Lipinski definition) is 1. The average Bonchev–Trinajstić information content (AvgIpc) is 3.35. The molecule has 1 N–H and O–H groups in total. The Morgan fingerprint density at radius 3 is 2.71 bits per heavy atom. The predicted molar refractivity (Wildman–Crippen MR) is 138 cm³/mol. The molecule has 5 aromatic rings. The van der Waals surface area contributed by atoms with Crippen molar-refractivity contribution in [3.63, 3.8) is 0 Å². The molecular formula is C28H24FN7O2. The maximum absolute atomic E-state index is 14.9. The van der Waals surface area contributed by atoms with E-state index in [1.807, 2.05) is 25.1 Å². The Morgan fingerprint density at radius 1 is 1.05 bits per heavy atom. The summed E-state index contributed by atoms with van der Waals surface area (Å²) < 4.78 is 22.1. The van der Waals surface area contributed by atoms with Crippen LogP contribution in [0.25, 0.3) is 28.2 Å². The summed E-state index contributed by atoms with van der Waals surface area (Å²) >= 11 is 0. The number of fused-ring (bicyclic) bond motifs is 1. The lowest BCUT2D eigenvalue weighted by Gasteiger charge is -2.35. The summed E-state index contributed by atoms with van der Waals surface area (Å²) in [6, 6.07) is 17.3. The van der Waals surface area contributed by atoms with E-state index in [4.69, 9.17) is 4.74 Å². The van der Waals surface area contributed by atoms with Gasteiger partial charge in [-0.3, -0.25) is 9.36 Å². The molecule has 1 aliphatic rings. The van der Waals surface area contributed by atoms with Gasteiger partial charge in [-0.05, 0) is 68.3 Å². The quantitative estimate of drug-likeness (QED) is 0.345. The molecule has 1 aromatic carbocycles. The second kappa shape index (κ2) is 9.97. The first-order chi connectivity index (χ1) is 18.6. The van der Waals surface area contributed by atoms with Crippen molar-refractivity contribution in [2.45, 2.75) is 31.7 Å². The van der Waals surface area contributed by atoms with Gasteiger partial charge in [0.25, 0.3) is 5.91 Å². The van der Waals surface area contributed by atoms with Crippen LogP contribution in [0.4, 0.5) is 4.39 Å². The molecule has 0 atom stereocenters. The van der Waals surface area contributed by atoms with Gasteiger partial charge < -0.3 is 10.1 Å². The standard InChI is InChI=1S/C28H24FN7O2/c1-2-38-20-10-12-22(31-16-20)27-35-34-26(36(27)24-8-4-3-7-21(24)29)18-14-19(15-18)32-28(37)23-11-9-17-6-5-13-30-25(17)33-23/h3-13,16,18-19H,2,14-15H2,1H3,(H,32,37)/t18-,19-. The van der Waals surface area contributed by atoms with Crippen molar-refractivity contribution in [2.24, 2.45) is 0 Å². The molecule has 10 heteroatoms. The Hall–Kier alpha value is -4.73. The lowest BCUT2D eigenvalue weighted by Crippen LogP contribution is -2.44. The number of para-hydroxylation sites is 1. The number of amides is 1. The third kappa shape index (κ3) is 4.45. The second-order valence-corrected chi connectivity index (χ2v) is 9.07. The highest BCUT2D eigenvalue weighted by Crippen LogP contribution is 2.39. The van der Waals surface area contributed by atoms with Crippen LogP contribution >= 0.6 is 0 Å². The monoisotopic (exact) mass is 509 g/mol. The number of ether oxygens (including phenoxy) is 1. The zero-order valence-electron chi connectivity index (χ0n) is 20.6. The van der Waals surface area contributed by atoms with E-state index in [1.54, 1.807) is 53.4 Å². The van der Waals surface area contributed by atoms with Gasteiger partial charge in [0.05, 0.1) is 18.5 Å². The molecule has 4 aromatic heterocycles. The van der Waals surface area contributed by atoms with Crippen molar-refractivity contribution in [2.75, 3.05) is 6.61 Å². The Labute approximate surface area is 217 Å². The van der Waals surface area contributed by atoms with Gasteiger partial charge in [0.1, 0.15) is 28.8 Å². The second-order valence-electron chi connectivity index (χ2n) is 9.07. The van der Waals surface area contributed by atoms with E-state index in [2.05, 4.69) is 30.5 Å². The number of aromatic nitrogens is 6. The minimum Gasteiger partial charge on any atom is -0.492 e. The summed E-state index contributed by atoms with van der Waals surface area (Å²) in [6.07, 6.45) is 4.54. The van der Waals surface area contributed by atoms with Crippen LogP contribution in [-0.4, -0.2) is 48.3 Å². The van der Waals surface area contributed by atoms with Crippen LogP contribution in [0.3, 0.4) is 0 Å². The van der Waals surface area contributed by atoms with E-state index in [1.165, 1.54) is 6.07 Å². The van der Waals surface area contributed by atoms with Gasteiger partial charge in [-0.25, -0.2) is 19.3 Å². The first kappa shape index (κ1) is 23.7. The van der Waals surface area contributed by atoms with Crippen molar-refractivity contribution in [1.82, 2.24) is 35.0 Å². The third-order valence-electron chi connectivity index (χ3n) is 6.59. The lowest BCUT2D eigenvalue weighted by molar-refractivity contribution is 0.0902. The van der Waals surface area contributed by atoms with Gasteiger partial charge in [0, 0.05) is 23.5 Å². The molecule has 1 fully saturated rings. The van der Waals surface area contributed by atoms with Crippen LogP contribution in [0.15, 0.2) is 73.1 Å². The van der Waals surface area contributed by atoms with Crippen LogP contribution in [0, 0.1) is 5.82 Å². The zero-order valence-corrected chi connectivity index (χ0v) is 20.6. The molecule has 38 heavy (non-hydrogen) atoms. The van der Waals surface area contributed by atoms with Crippen LogP contribution in [0.2, 0.25) is 0 Å². The number of hydrogen-bond acceptors (Lipinski definition) is 7. The molecule has 1 saturated carbocycles. The number of carbonyl (C=O) groups is 1. The molecule has 0 unspecified atom stereocenters. The number of carbonyl (C=O) groups excluding carboxylic acids is 1. The summed E-state index contributed by atoms with van der Waals surface area (Å²) in [7, 11) is 0. The van der Waals surface area contributed by atoms with Gasteiger partial charge in [-0.2, -0.15) is 0 Å².